The highest BCUT2D eigenvalue weighted by molar-refractivity contribution is 7.91. The van der Waals surface area contributed by atoms with Crippen LogP contribution in [0, 0.1) is 5.92 Å². The van der Waals surface area contributed by atoms with E-state index in [2.05, 4.69) is 22.2 Å². The second kappa shape index (κ2) is 5.83. The minimum Gasteiger partial charge on any atom is -0.334 e. The van der Waals surface area contributed by atoms with Crippen LogP contribution < -0.4 is 0 Å². The van der Waals surface area contributed by atoms with Gasteiger partial charge in [0, 0.05) is 18.7 Å². The van der Waals surface area contributed by atoms with E-state index in [9.17, 15) is 8.42 Å². The van der Waals surface area contributed by atoms with Crippen LogP contribution in [0.5, 0.6) is 0 Å². The molecule has 2 aromatic heterocycles. The molecular formula is C14H20N4O3S. The third-order valence-electron chi connectivity index (χ3n) is 4.10. The summed E-state index contributed by atoms with van der Waals surface area (Å²) >= 11 is 0. The highest BCUT2D eigenvalue weighted by atomic mass is 32.2. The average Bonchev–Trinajstić information content (AvgIpc) is 3.11. The number of aromatic nitrogens is 4. The van der Waals surface area contributed by atoms with Gasteiger partial charge in [-0.1, -0.05) is 19.0 Å². The van der Waals surface area contributed by atoms with Crippen molar-refractivity contribution < 1.29 is 12.9 Å². The number of sulfone groups is 1. The summed E-state index contributed by atoms with van der Waals surface area (Å²) < 4.78 is 30.4. The fraction of sp³-hybridized carbons (Fsp3) is 0.643. The average molecular weight is 324 g/mol. The predicted octanol–water partition coefficient (Wildman–Crippen LogP) is 1.49. The van der Waals surface area contributed by atoms with E-state index in [1.54, 1.807) is 13.1 Å². The molecule has 22 heavy (non-hydrogen) atoms. The summed E-state index contributed by atoms with van der Waals surface area (Å²) in [5, 5.41) is 8.26. The van der Waals surface area contributed by atoms with Gasteiger partial charge < -0.3 is 4.52 Å². The van der Waals surface area contributed by atoms with Crippen molar-refractivity contribution in [2.24, 2.45) is 5.92 Å². The van der Waals surface area contributed by atoms with Crippen molar-refractivity contribution in [3.05, 3.63) is 17.7 Å². The molecule has 7 nitrogen and oxygen atoms in total. The first kappa shape index (κ1) is 15.2. The Morgan fingerprint density at radius 3 is 3.05 bits per heavy atom. The molecule has 120 valence electrons. The van der Waals surface area contributed by atoms with Crippen molar-refractivity contribution in [2.75, 3.05) is 11.5 Å². The van der Waals surface area contributed by atoms with Crippen molar-refractivity contribution in [3.63, 3.8) is 0 Å². The van der Waals surface area contributed by atoms with Crippen molar-refractivity contribution in [1.29, 1.82) is 0 Å². The first-order valence-corrected chi connectivity index (χ1v) is 9.38. The molecule has 1 aliphatic rings. The number of fused-ring (bicyclic) bond motifs is 1. The van der Waals surface area contributed by atoms with Gasteiger partial charge in [0.05, 0.1) is 23.2 Å². The zero-order valence-corrected chi connectivity index (χ0v) is 13.6. The van der Waals surface area contributed by atoms with Crippen LogP contribution in [-0.4, -0.2) is 39.8 Å². The number of aryl methyl sites for hydroxylation is 2. The SMILES string of the molecule is CCS(=O)(=O)CCc1noc(-c2cnn3c2CC(C)CC3)n1. The van der Waals surface area contributed by atoms with Crippen molar-refractivity contribution in [2.45, 2.75) is 39.7 Å². The molecule has 0 radical (unpaired) electrons. The Kier molecular flexibility index (Phi) is 4.03. The van der Waals surface area contributed by atoms with Crippen LogP contribution in [0.2, 0.25) is 0 Å². The van der Waals surface area contributed by atoms with Gasteiger partial charge in [0.25, 0.3) is 5.89 Å². The standard InChI is InChI=1S/C14H20N4O3S/c1-3-22(19,20)7-5-13-16-14(21-17-13)11-9-15-18-6-4-10(2)8-12(11)18/h9-10H,3-8H2,1-2H3. The van der Waals surface area contributed by atoms with Gasteiger partial charge >= 0.3 is 0 Å². The Balaban J connectivity index is 1.79. The number of hydrogen-bond acceptors (Lipinski definition) is 6. The molecule has 0 spiro atoms. The van der Waals surface area contributed by atoms with Crippen LogP contribution in [0.4, 0.5) is 0 Å². The summed E-state index contributed by atoms with van der Waals surface area (Å²) in [5.74, 6) is 1.65. The van der Waals surface area contributed by atoms with E-state index in [0.717, 1.165) is 30.6 Å². The van der Waals surface area contributed by atoms with Crippen LogP contribution in [0.25, 0.3) is 11.5 Å². The molecule has 2 aromatic rings. The maximum absolute atomic E-state index is 11.5. The molecule has 0 bridgehead atoms. The monoisotopic (exact) mass is 324 g/mol. The second-order valence-electron chi connectivity index (χ2n) is 5.83. The van der Waals surface area contributed by atoms with Gasteiger partial charge in [-0.05, 0) is 18.8 Å². The largest absolute Gasteiger partial charge is 0.334 e. The number of nitrogens with zero attached hydrogens (tertiary/aromatic N) is 4. The summed E-state index contributed by atoms with van der Waals surface area (Å²) in [7, 11) is -3.02. The minimum atomic E-state index is -3.02. The van der Waals surface area contributed by atoms with E-state index in [-0.39, 0.29) is 17.9 Å². The summed E-state index contributed by atoms with van der Waals surface area (Å²) in [6.45, 7) is 4.76. The van der Waals surface area contributed by atoms with E-state index >= 15 is 0 Å². The van der Waals surface area contributed by atoms with E-state index in [0.29, 0.717) is 17.6 Å². The third kappa shape index (κ3) is 3.06. The lowest BCUT2D eigenvalue weighted by Gasteiger charge is -2.19. The minimum absolute atomic E-state index is 0.0472. The molecule has 0 fully saturated rings. The molecule has 1 aliphatic heterocycles. The fourth-order valence-corrected chi connectivity index (χ4v) is 3.41. The van der Waals surface area contributed by atoms with Crippen LogP contribution in [-0.2, 0) is 29.2 Å². The lowest BCUT2D eigenvalue weighted by Crippen LogP contribution is -2.18. The Morgan fingerprint density at radius 1 is 1.45 bits per heavy atom. The van der Waals surface area contributed by atoms with E-state index in [4.69, 9.17) is 4.52 Å². The molecule has 0 saturated carbocycles. The van der Waals surface area contributed by atoms with Crippen LogP contribution >= 0.6 is 0 Å². The molecule has 1 atom stereocenters. The van der Waals surface area contributed by atoms with Gasteiger partial charge in [-0.3, -0.25) is 4.68 Å². The molecule has 0 saturated heterocycles. The van der Waals surface area contributed by atoms with Crippen LogP contribution in [0.15, 0.2) is 10.7 Å². The maximum atomic E-state index is 11.5. The van der Waals surface area contributed by atoms with Crippen LogP contribution in [0.3, 0.4) is 0 Å². The normalized spacial score (nSPS) is 18.4. The highest BCUT2D eigenvalue weighted by Gasteiger charge is 2.23. The third-order valence-corrected chi connectivity index (χ3v) is 5.80. The summed E-state index contributed by atoms with van der Waals surface area (Å²) in [6.07, 6.45) is 4.10. The number of rotatable bonds is 5. The topological polar surface area (TPSA) is 90.9 Å². The first-order valence-electron chi connectivity index (χ1n) is 7.56. The van der Waals surface area contributed by atoms with Gasteiger partial charge in [0.2, 0.25) is 0 Å². The molecule has 0 amide bonds. The molecule has 0 aliphatic carbocycles. The van der Waals surface area contributed by atoms with Crippen LogP contribution in [0.1, 0.15) is 31.8 Å². The summed E-state index contributed by atoms with van der Waals surface area (Å²) in [4.78, 5) is 4.33. The Bertz CT molecular complexity index is 763. The van der Waals surface area contributed by atoms with Crippen molar-refractivity contribution in [1.82, 2.24) is 19.9 Å². The quantitative estimate of drug-likeness (QED) is 0.827. The van der Waals surface area contributed by atoms with Crippen molar-refractivity contribution >= 4 is 9.84 Å². The molecule has 8 heteroatoms. The Morgan fingerprint density at radius 2 is 2.27 bits per heavy atom. The first-order chi connectivity index (χ1) is 10.5. The predicted molar refractivity (Wildman–Crippen MR) is 81.0 cm³/mol. The van der Waals surface area contributed by atoms with E-state index < -0.39 is 9.84 Å². The molecule has 3 rings (SSSR count). The van der Waals surface area contributed by atoms with Gasteiger partial charge in [-0.2, -0.15) is 10.1 Å². The number of hydrogen-bond donors (Lipinski definition) is 0. The van der Waals surface area contributed by atoms with Gasteiger partial charge in [-0.25, -0.2) is 8.42 Å². The smallest absolute Gasteiger partial charge is 0.261 e. The van der Waals surface area contributed by atoms with Gasteiger partial charge in [-0.15, -0.1) is 0 Å². The molecular weight excluding hydrogens is 304 g/mol. The summed E-state index contributed by atoms with van der Waals surface area (Å²) in [6, 6.07) is 0. The zero-order valence-electron chi connectivity index (χ0n) is 12.8. The lowest BCUT2D eigenvalue weighted by molar-refractivity contribution is 0.389. The van der Waals surface area contributed by atoms with Gasteiger partial charge in [0.1, 0.15) is 9.84 Å². The molecule has 1 unspecified atom stereocenters. The fourth-order valence-electron chi connectivity index (χ4n) is 2.63. The van der Waals surface area contributed by atoms with E-state index in [1.165, 1.54) is 0 Å². The lowest BCUT2D eigenvalue weighted by atomic mass is 9.96. The molecule has 0 aromatic carbocycles. The van der Waals surface area contributed by atoms with E-state index in [1.807, 2.05) is 4.68 Å². The molecule has 0 N–H and O–H groups in total. The highest BCUT2D eigenvalue weighted by Crippen LogP contribution is 2.28. The maximum Gasteiger partial charge on any atom is 0.261 e. The Hall–Kier alpha value is -1.70. The second-order valence-corrected chi connectivity index (χ2v) is 8.30. The van der Waals surface area contributed by atoms with Gasteiger partial charge in [0.15, 0.2) is 5.82 Å². The molecule has 3 heterocycles. The zero-order chi connectivity index (χ0) is 15.7. The van der Waals surface area contributed by atoms with Crippen molar-refractivity contribution in [3.8, 4) is 11.5 Å². The Labute approximate surface area is 129 Å². The summed E-state index contributed by atoms with van der Waals surface area (Å²) in [5.41, 5.74) is 1.98.